The average Bonchev–Trinajstić information content (AvgIpc) is 2.89. The molecule has 6 nitrogen and oxygen atoms in total. The molecule has 1 aromatic heterocycles. The Labute approximate surface area is 142 Å². The minimum Gasteiger partial charge on any atom is -0.481 e. The van der Waals surface area contributed by atoms with Crippen molar-refractivity contribution >= 4 is 15.7 Å². The fourth-order valence-electron chi connectivity index (χ4n) is 2.82. The molecule has 0 amide bonds. The first-order valence-electron chi connectivity index (χ1n) is 7.91. The molecule has 128 valence electrons. The van der Waals surface area contributed by atoms with E-state index >= 15 is 0 Å². The van der Waals surface area contributed by atoms with Crippen LogP contribution >= 0.6 is 0 Å². The zero-order chi connectivity index (χ0) is 17.0. The molecule has 0 aliphatic carbocycles. The molecular formula is C17H21N3O3S. The molecule has 3 rings (SSSR count). The Balaban J connectivity index is 1.75. The van der Waals surface area contributed by atoms with Gasteiger partial charge in [-0.05, 0) is 24.6 Å². The number of sulfonamides is 1. The second-order valence-corrected chi connectivity index (χ2v) is 7.55. The topological polar surface area (TPSA) is 62.7 Å². The summed E-state index contributed by atoms with van der Waals surface area (Å²) in [4.78, 5) is 6.43. The van der Waals surface area contributed by atoms with Crippen LogP contribution in [0.4, 0.5) is 5.69 Å². The van der Waals surface area contributed by atoms with Gasteiger partial charge in [0.15, 0.2) is 0 Å². The largest absolute Gasteiger partial charge is 0.481 e. The van der Waals surface area contributed by atoms with Gasteiger partial charge in [0, 0.05) is 37.9 Å². The highest BCUT2D eigenvalue weighted by Crippen LogP contribution is 2.21. The lowest BCUT2D eigenvalue weighted by Crippen LogP contribution is -2.35. The van der Waals surface area contributed by atoms with Gasteiger partial charge in [0.2, 0.25) is 15.9 Å². The van der Waals surface area contributed by atoms with Crippen LogP contribution in [0.15, 0.2) is 53.6 Å². The Bertz CT molecular complexity index is 763. The van der Waals surface area contributed by atoms with Gasteiger partial charge < -0.3 is 9.64 Å². The van der Waals surface area contributed by atoms with Gasteiger partial charge >= 0.3 is 0 Å². The molecule has 0 N–H and O–H groups in total. The van der Waals surface area contributed by atoms with Gasteiger partial charge in [0.05, 0.1) is 13.3 Å². The number of hydrogen-bond acceptors (Lipinski definition) is 5. The van der Waals surface area contributed by atoms with E-state index in [1.807, 2.05) is 18.2 Å². The molecule has 0 radical (unpaired) electrons. The number of hydrogen-bond donors (Lipinski definition) is 0. The van der Waals surface area contributed by atoms with E-state index in [4.69, 9.17) is 4.74 Å². The van der Waals surface area contributed by atoms with Gasteiger partial charge in [-0.1, -0.05) is 18.2 Å². The van der Waals surface area contributed by atoms with E-state index in [0.29, 0.717) is 25.5 Å². The van der Waals surface area contributed by atoms with E-state index in [1.54, 1.807) is 16.4 Å². The van der Waals surface area contributed by atoms with Crippen LogP contribution in [0, 0.1) is 0 Å². The van der Waals surface area contributed by atoms with Crippen LogP contribution in [-0.2, 0) is 10.0 Å². The fraction of sp³-hybridized carbons (Fsp3) is 0.353. The Morgan fingerprint density at radius 2 is 1.79 bits per heavy atom. The number of nitrogens with zero attached hydrogens (tertiary/aromatic N) is 3. The molecule has 1 aromatic carbocycles. The summed E-state index contributed by atoms with van der Waals surface area (Å²) < 4.78 is 32.1. The van der Waals surface area contributed by atoms with Gasteiger partial charge in [-0.15, -0.1) is 0 Å². The number of methoxy groups -OCH3 is 1. The Morgan fingerprint density at radius 3 is 2.46 bits per heavy atom. The highest BCUT2D eigenvalue weighted by atomic mass is 32.2. The first-order valence-corrected chi connectivity index (χ1v) is 9.35. The van der Waals surface area contributed by atoms with E-state index in [9.17, 15) is 8.42 Å². The third-order valence-corrected chi connectivity index (χ3v) is 6.01. The quantitative estimate of drug-likeness (QED) is 0.846. The van der Waals surface area contributed by atoms with Crippen molar-refractivity contribution in [1.82, 2.24) is 9.29 Å². The van der Waals surface area contributed by atoms with E-state index in [-0.39, 0.29) is 4.90 Å². The van der Waals surface area contributed by atoms with Gasteiger partial charge in [-0.2, -0.15) is 4.31 Å². The molecule has 0 spiro atoms. The summed E-state index contributed by atoms with van der Waals surface area (Å²) in [6, 6.07) is 13.2. The number of benzene rings is 1. The van der Waals surface area contributed by atoms with Crippen LogP contribution in [-0.4, -0.2) is 51.0 Å². The second-order valence-electron chi connectivity index (χ2n) is 5.62. The molecule has 0 unspecified atom stereocenters. The summed E-state index contributed by atoms with van der Waals surface area (Å²) in [5.74, 6) is 0.403. The molecule has 0 bridgehead atoms. The predicted octanol–water partition coefficient (Wildman–Crippen LogP) is 1.99. The highest BCUT2D eigenvalue weighted by molar-refractivity contribution is 7.89. The van der Waals surface area contributed by atoms with Gasteiger partial charge in [-0.3, -0.25) is 0 Å². The molecule has 0 saturated carbocycles. The van der Waals surface area contributed by atoms with Crippen LogP contribution in [0.1, 0.15) is 6.42 Å². The second kappa shape index (κ2) is 7.19. The smallest absolute Gasteiger partial charge is 0.244 e. The first-order chi connectivity index (χ1) is 11.6. The van der Waals surface area contributed by atoms with Crippen LogP contribution in [0.2, 0.25) is 0 Å². The van der Waals surface area contributed by atoms with E-state index in [1.165, 1.54) is 13.3 Å². The molecule has 2 heterocycles. The Morgan fingerprint density at radius 1 is 1.00 bits per heavy atom. The number of rotatable bonds is 4. The molecule has 24 heavy (non-hydrogen) atoms. The van der Waals surface area contributed by atoms with Crippen molar-refractivity contribution in [3.05, 3.63) is 48.7 Å². The average molecular weight is 347 g/mol. The minimum absolute atomic E-state index is 0.205. The van der Waals surface area contributed by atoms with Gasteiger partial charge in [0.25, 0.3) is 0 Å². The van der Waals surface area contributed by atoms with Gasteiger partial charge in [-0.25, -0.2) is 13.4 Å². The van der Waals surface area contributed by atoms with Crippen molar-refractivity contribution in [3.8, 4) is 5.88 Å². The summed E-state index contributed by atoms with van der Waals surface area (Å²) in [6.07, 6.45) is 2.14. The highest BCUT2D eigenvalue weighted by Gasteiger charge is 2.27. The molecule has 1 fully saturated rings. The zero-order valence-electron chi connectivity index (χ0n) is 13.6. The van der Waals surface area contributed by atoms with Crippen molar-refractivity contribution in [2.45, 2.75) is 11.3 Å². The van der Waals surface area contributed by atoms with Crippen molar-refractivity contribution in [2.75, 3.05) is 38.2 Å². The molecule has 7 heteroatoms. The number of para-hydroxylation sites is 1. The van der Waals surface area contributed by atoms with Crippen molar-refractivity contribution < 1.29 is 13.2 Å². The molecule has 2 aromatic rings. The summed E-state index contributed by atoms with van der Waals surface area (Å²) >= 11 is 0. The maximum atomic E-state index is 12.8. The first kappa shape index (κ1) is 16.7. The third kappa shape index (κ3) is 3.52. The predicted molar refractivity (Wildman–Crippen MR) is 92.8 cm³/mol. The summed E-state index contributed by atoms with van der Waals surface area (Å²) in [5.41, 5.74) is 1.13. The number of aromatic nitrogens is 1. The molecule has 0 atom stereocenters. The number of pyridine rings is 1. The molecule has 1 saturated heterocycles. The van der Waals surface area contributed by atoms with E-state index in [0.717, 1.165) is 18.7 Å². The van der Waals surface area contributed by atoms with Crippen molar-refractivity contribution in [1.29, 1.82) is 0 Å². The SMILES string of the molecule is COc1ccc(S(=O)(=O)N2CCCN(c3ccccc3)CC2)cn1. The Hall–Kier alpha value is -2.12. The fourth-order valence-corrected chi connectivity index (χ4v) is 4.24. The molecule has 1 aliphatic rings. The van der Waals surface area contributed by atoms with Crippen LogP contribution in [0.25, 0.3) is 0 Å². The van der Waals surface area contributed by atoms with Crippen molar-refractivity contribution in [3.63, 3.8) is 0 Å². The zero-order valence-corrected chi connectivity index (χ0v) is 14.4. The lowest BCUT2D eigenvalue weighted by atomic mass is 10.3. The van der Waals surface area contributed by atoms with E-state index < -0.39 is 10.0 Å². The standard InChI is InChI=1S/C17H21N3O3S/c1-23-17-9-8-16(14-18-17)24(21,22)20-11-5-10-19(12-13-20)15-6-3-2-4-7-15/h2-4,6-9,14H,5,10-13H2,1H3. The minimum atomic E-state index is -3.53. The lowest BCUT2D eigenvalue weighted by Gasteiger charge is -2.23. The van der Waals surface area contributed by atoms with Gasteiger partial charge in [0.1, 0.15) is 4.90 Å². The monoisotopic (exact) mass is 347 g/mol. The van der Waals surface area contributed by atoms with Crippen LogP contribution in [0.5, 0.6) is 5.88 Å². The number of anilines is 1. The normalized spacial score (nSPS) is 16.6. The maximum absolute atomic E-state index is 12.8. The van der Waals surface area contributed by atoms with Crippen molar-refractivity contribution in [2.24, 2.45) is 0 Å². The molecule has 1 aliphatic heterocycles. The summed E-state index contributed by atoms with van der Waals surface area (Å²) in [7, 11) is -2.02. The lowest BCUT2D eigenvalue weighted by molar-refractivity contribution is 0.396. The molecular weight excluding hydrogens is 326 g/mol. The maximum Gasteiger partial charge on any atom is 0.244 e. The van der Waals surface area contributed by atoms with E-state index in [2.05, 4.69) is 22.0 Å². The van der Waals surface area contributed by atoms with Crippen LogP contribution < -0.4 is 9.64 Å². The van der Waals surface area contributed by atoms with Crippen LogP contribution in [0.3, 0.4) is 0 Å². The summed E-state index contributed by atoms with van der Waals surface area (Å²) in [6.45, 7) is 2.49. The number of ether oxygens (including phenoxy) is 1. The third-order valence-electron chi connectivity index (χ3n) is 4.13. The summed E-state index contributed by atoms with van der Waals surface area (Å²) in [5, 5.41) is 0. The Kier molecular flexibility index (Phi) is 5.01.